The molecular weight excluding hydrogens is 458 g/mol. The molecule has 0 aliphatic heterocycles. The van der Waals surface area contributed by atoms with Gasteiger partial charge in [0.05, 0.1) is 22.1 Å². The van der Waals surface area contributed by atoms with Crippen LogP contribution >= 0.6 is 11.6 Å². The maximum atomic E-state index is 13.6. The van der Waals surface area contributed by atoms with Gasteiger partial charge in [-0.15, -0.1) is 0 Å². The molecule has 0 spiro atoms. The lowest BCUT2D eigenvalue weighted by Gasteiger charge is -2.05. The number of nitrogens with two attached hydrogens (primary N) is 1. The summed E-state index contributed by atoms with van der Waals surface area (Å²) in [6.45, 7) is 1.99. The summed E-state index contributed by atoms with van der Waals surface area (Å²) in [6, 6.07) is 20.8. The van der Waals surface area contributed by atoms with Gasteiger partial charge in [-0.05, 0) is 48.9 Å². The molecule has 0 atom stereocenters. The van der Waals surface area contributed by atoms with Crippen molar-refractivity contribution in [3.63, 3.8) is 0 Å². The number of hydrogen-bond acceptors (Lipinski definition) is 6. The Morgan fingerprint density at radius 2 is 1.58 bits per heavy atom. The molecule has 33 heavy (non-hydrogen) atoms. The molecule has 0 saturated heterocycles. The molecule has 0 fully saturated rings. The van der Waals surface area contributed by atoms with Gasteiger partial charge in [0, 0.05) is 5.02 Å². The molecule has 0 saturated carbocycles. The number of para-hydroxylation sites is 2. The van der Waals surface area contributed by atoms with Gasteiger partial charge in [0.15, 0.2) is 5.65 Å². The van der Waals surface area contributed by atoms with Crippen LogP contribution in [0.5, 0.6) is 0 Å². The number of nitrogen functional groups attached to an aromatic ring is 1. The SMILES string of the molecule is Cc1ccc(/C=N\n2c(N)c(S(=O)(=O)c3ccc(Cl)cc3)c3nc4ccccc4nc32)cc1. The van der Waals surface area contributed by atoms with Crippen molar-refractivity contribution in [2.45, 2.75) is 16.7 Å². The molecule has 0 bridgehead atoms. The number of benzene rings is 3. The van der Waals surface area contributed by atoms with Gasteiger partial charge in [-0.25, -0.2) is 18.4 Å². The molecule has 5 rings (SSSR count). The van der Waals surface area contributed by atoms with E-state index < -0.39 is 9.84 Å². The Hall–Kier alpha value is -3.75. The number of aryl methyl sites for hydroxylation is 1. The molecule has 0 unspecified atom stereocenters. The van der Waals surface area contributed by atoms with Crippen molar-refractivity contribution in [2.24, 2.45) is 5.10 Å². The Morgan fingerprint density at radius 1 is 0.939 bits per heavy atom. The second kappa shape index (κ2) is 7.99. The zero-order valence-corrected chi connectivity index (χ0v) is 19.0. The normalized spacial score (nSPS) is 12.2. The van der Waals surface area contributed by atoms with Crippen LogP contribution < -0.4 is 5.73 Å². The molecular formula is C24H18ClN5O2S. The quantitative estimate of drug-likeness (QED) is 0.374. The molecule has 2 N–H and O–H groups in total. The maximum Gasteiger partial charge on any atom is 0.212 e. The standard InChI is InChI=1S/C24H18ClN5O2S/c1-15-6-8-16(9-7-15)14-27-30-23(26)22(33(31,32)18-12-10-17(25)11-13-18)21-24(30)29-20-5-3-2-4-19(20)28-21/h2-14H,26H2,1H3/b27-14-. The third-order valence-corrected chi connectivity index (χ3v) is 7.31. The Labute approximate surface area is 195 Å². The van der Waals surface area contributed by atoms with E-state index in [9.17, 15) is 8.42 Å². The van der Waals surface area contributed by atoms with E-state index in [0.717, 1.165) is 11.1 Å². The van der Waals surface area contributed by atoms with E-state index in [2.05, 4.69) is 15.1 Å². The summed E-state index contributed by atoms with van der Waals surface area (Å²) in [7, 11) is -4.03. The molecule has 2 aromatic heterocycles. The molecule has 2 heterocycles. The minimum absolute atomic E-state index is 0.0510. The Bertz CT molecular complexity index is 1640. The van der Waals surface area contributed by atoms with Crippen molar-refractivity contribution in [3.05, 3.63) is 88.9 Å². The van der Waals surface area contributed by atoms with E-state index in [1.807, 2.05) is 43.3 Å². The van der Waals surface area contributed by atoms with E-state index in [4.69, 9.17) is 17.3 Å². The fourth-order valence-electron chi connectivity index (χ4n) is 3.51. The maximum absolute atomic E-state index is 13.6. The first-order valence-electron chi connectivity index (χ1n) is 10.0. The summed E-state index contributed by atoms with van der Waals surface area (Å²) in [5, 5.41) is 4.89. The van der Waals surface area contributed by atoms with E-state index in [-0.39, 0.29) is 26.8 Å². The topological polar surface area (TPSA) is 103 Å². The molecule has 5 aromatic rings. The summed E-state index contributed by atoms with van der Waals surface area (Å²) >= 11 is 5.95. The van der Waals surface area contributed by atoms with E-state index >= 15 is 0 Å². The largest absolute Gasteiger partial charge is 0.382 e. The van der Waals surface area contributed by atoms with Crippen LogP contribution in [-0.4, -0.2) is 29.3 Å². The zero-order valence-electron chi connectivity index (χ0n) is 17.5. The van der Waals surface area contributed by atoms with Crippen molar-refractivity contribution in [1.82, 2.24) is 14.6 Å². The Kier molecular flexibility index (Phi) is 5.11. The van der Waals surface area contributed by atoms with Crippen LogP contribution in [0.3, 0.4) is 0 Å². The van der Waals surface area contributed by atoms with Gasteiger partial charge < -0.3 is 5.73 Å². The van der Waals surface area contributed by atoms with Gasteiger partial charge in [0.2, 0.25) is 9.84 Å². The summed E-state index contributed by atoms with van der Waals surface area (Å²) < 4.78 is 28.5. The number of nitrogens with zero attached hydrogens (tertiary/aromatic N) is 4. The Morgan fingerprint density at radius 3 is 2.24 bits per heavy atom. The highest BCUT2D eigenvalue weighted by Crippen LogP contribution is 2.35. The van der Waals surface area contributed by atoms with E-state index in [1.165, 1.54) is 28.9 Å². The second-order valence-corrected chi connectivity index (χ2v) is 9.85. The second-order valence-electron chi connectivity index (χ2n) is 7.52. The smallest absolute Gasteiger partial charge is 0.212 e. The summed E-state index contributed by atoms with van der Waals surface area (Å²) in [5.74, 6) is -0.0707. The van der Waals surface area contributed by atoms with Gasteiger partial charge in [-0.3, -0.25) is 0 Å². The molecule has 9 heteroatoms. The lowest BCUT2D eigenvalue weighted by Crippen LogP contribution is -2.06. The lowest BCUT2D eigenvalue weighted by molar-refractivity contribution is 0.597. The van der Waals surface area contributed by atoms with Crippen LogP contribution in [0.2, 0.25) is 5.02 Å². The van der Waals surface area contributed by atoms with Gasteiger partial charge in [-0.2, -0.15) is 9.78 Å². The third-order valence-electron chi connectivity index (χ3n) is 5.22. The van der Waals surface area contributed by atoms with Gasteiger partial charge in [0.25, 0.3) is 0 Å². The predicted octanol–water partition coefficient (Wildman–Crippen LogP) is 4.84. The van der Waals surface area contributed by atoms with Gasteiger partial charge in [0.1, 0.15) is 16.2 Å². The third kappa shape index (κ3) is 3.73. The van der Waals surface area contributed by atoms with Crippen LogP contribution in [0, 0.1) is 6.92 Å². The molecule has 3 aromatic carbocycles. The van der Waals surface area contributed by atoms with Crippen LogP contribution in [0.4, 0.5) is 5.82 Å². The highest BCUT2D eigenvalue weighted by Gasteiger charge is 2.30. The number of halogens is 1. The minimum Gasteiger partial charge on any atom is -0.382 e. The predicted molar refractivity (Wildman–Crippen MR) is 131 cm³/mol. The molecule has 0 radical (unpaired) electrons. The fourth-order valence-corrected chi connectivity index (χ4v) is 5.12. The van der Waals surface area contributed by atoms with Crippen LogP contribution in [-0.2, 0) is 9.84 Å². The average molecular weight is 476 g/mol. The van der Waals surface area contributed by atoms with Gasteiger partial charge >= 0.3 is 0 Å². The highest BCUT2D eigenvalue weighted by atomic mass is 35.5. The number of aromatic nitrogens is 3. The zero-order chi connectivity index (χ0) is 23.2. The molecule has 7 nitrogen and oxygen atoms in total. The van der Waals surface area contributed by atoms with Crippen molar-refractivity contribution in [1.29, 1.82) is 0 Å². The highest BCUT2D eigenvalue weighted by molar-refractivity contribution is 7.92. The number of anilines is 1. The fraction of sp³-hybridized carbons (Fsp3) is 0.0417. The van der Waals surface area contributed by atoms with Crippen LogP contribution in [0.1, 0.15) is 11.1 Å². The first kappa shape index (κ1) is 21.1. The number of hydrogen-bond donors (Lipinski definition) is 1. The summed E-state index contributed by atoms with van der Waals surface area (Å²) in [4.78, 5) is 9.13. The summed E-state index contributed by atoms with van der Waals surface area (Å²) in [5.41, 5.74) is 9.89. The summed E-state index contributed by atoms with van der Waals surface area (Å²) in [6.07, 6.45) is 1.60. The lowest BCUT2D eigenvalue weighted by atomic mass is 10.2. The average Bonchev–Trinajstić information content (AvgIpc) is 3.08. The Balaban J connectivity index is 1.78. The number of rotatable bonds is 4. The molecule has 0 amide bonds. The first-order valence-corrected chi connectivity index (χ1v) is 11.9. The first-order chi connectivity index (χ1) is 15.8. The van der Waals surface area contributed by atoms with Crippen molar-refractivity contribution in [3.8, 4) is 0 Å². The van der Waals surface area contributed by atoms with Crippen LogP contribution in [0.15, 0.2) is 87.7 Å². The van der Waals surface area contributed by atoms with Crippen molar-refractivity contribution < 1.29 is 8.42 Å². The molecule has 0 aliphatic rings. The number of sulfone groups is 1. The molecule has 164 valence electrons. The molecule has 0 aliphatic carbocycles. The van der Waals surface area contributed by atoms with Crippen molar-refractivity contribution in [2.75, 3.05) is 5.73 Å². The minimum atomic E-state index is -4.03. The van der Waals surface area contributed by atoms with Crippen molar-refractivity contribution >= 4 is 55.7 Å². The van der Waals surface area contributed by atoms with E-state index in [1.54, 1.807) is 18.3 Å². The number of fused-ring (bicyclic) bond motifs is 2. The monoisotopic (exact) mass is 475 g/mol. The van der Waals surface area contributed by atoms with Crippen LogP contribution in [0.25, 0.3) is 22.2 Å². The van der Waals surface area contributed by atoms with E-state index in [0.29, 0.717) is 16.1 Å². The van der Waals surface area contributed by atoms with Gasteiger partial charge in [-0.1, -0.05) is 53.6 Å².